The maximum absolute atomic E-state index is 2.19. The number of rotatable bonds is 0. The Balaban J connectivity index is 0. The highest BCUT2D eigenvalue weighted by Gasteiger charge is 1.87. The molecule has 0 aromatic heterocycles. The summed E-state index contributed by atoms with van der Waals surface area (Å²) in [4.78, 5) is 0. The first-order valence-electron chi connectivity index (χ1n) is 1.79. The van der Waals surface area contributed by atoms with E-state index in [1.165, 1.54) is 10.4 Å². The average molecular weight is 126 g/mol. The molecule has 0 saturated heterocycles. The van der Waals surface area contributed by atoms with Crippen molar-refractivity contribution in [2.75, 3.05) is 21.1 Å². The molecule has 0 atom stereocenters. The zero-order chi connectivity index (χ0) is 4.50. The molecule has 0 N–H and O–H groups in total. The minimum Gasteiger partial charge on any atom is -1.00 e. The quantitative estimate of drug-likeness (QED) is 0.290. The Morgan fingerprint density at radius 2 is 1.17 bits per heavy atom. The molecule has 0 heterocycles. The molecule has 0 aliphatic rings. The topological polar surface area (TPSA) is 0 Å². The molecular weight excluding hydrogens is 114 g/mol. The van der Waals surface area contributed by atoms with Crippen molar-refractivity contribution in [1.29, 1.82) is 0 Å². The Bertz CT molecular complexity index is 26.3. The summed E-state index contributed by atoms with van der Waals surface area (Å²) in [7, 11) is 7.81. The first-order chi connectivity index (χ1) is 2.00. The van der Waals surface area contributed by atoms with E-state index >= 15 is 0 Å². The molecule has 0 saturated carbocycles. The molecule has 0 rings (SSSR count). The van der Waals surface area contributed by atoms with E-state index in [0.717, 1.165) is 4.15 Å². The van der Waals surface area contributed by atoms with Gasteiger partial charge in [-0.2, -0.15) is 0 Å². The van der Waals surface area contributed by atoms with Crippen molar-refractivity contribution in [2.45, 2.75) is 0 Å². The molecule has 0 fully saturated rings. The van der Waals surface area contributed by atoms with Crippen molar-refractivity contribution in [1.82, 2.24) is 0 Å². The van der Waals surface area contributed by atoms with Crippen LogP contribution >= 0.6 is 0 Å². The monoisotopic (exact) mass is 125 g/mol. The van der Waals surface area contributed by atoms with E-state index in [1.807, 2.05) is 0 Å². The third-order valence-corrected chi connectivity index (χ3v) is 0. The second kappa shape index (κ2) is 2.61. The molecule has 0 aromatic carbocycles. The zero-order valence-corrected chi connectivity index (χ0v) is 7.58. The van der Waals surface area contributed by atoms with Gasteiger partial charge in [0.1, 0.15) is 0 Å². The standard InChI is InChI=1S/C3H12NSi.ClH/c1-4(2,3)5;/h1-3,5H3;1H/q+1;/p-1. The molecule has 1 nitrogen and oxygen atoms in total. The molecule has 0 aliphatic carbocycles. The SMILES string of the molecule is C[N+](C)(C)[SiH3].[Cl-]. The van der Waals surface area contributed by atoms with Crippen molar-refractivity contribution in [2.24, 2.45) is 0 Å². The van der Waals surface area contributed by atoms with Crippen molar-refractivity contribution >= 4 is 10.4 Å². The Morgan fingerprint density at radius 3 is 1.17 bits per heavy atom. The van der Waals surface area contributed by atoms with Gasteiger partial charge in [0.15, 0.2) is 0 Å². The van der Waals surface area contributed by atoms with Crippen LogP contribution in [-0.4, -0.2) is 35.7 Å². The molecule has 6 heavy (non-hydrogen) atoms. The van der Waals surface area contributed by atoms with Gasteiger partial charge in [-0.05, 0) is 0 Å². The predicted octanol–water partition coefficient (Wildman–Crippen LogP) is -4.02. The van der Waals surface area contributed by atoms with Gasteiger partial charge < -0.3 is 16.6 Å². The molecule has 0 spiro atoms. The first kappa shape index (κ1) is 9.69. The van der Waals surface area contributed by atoms with Crippen LogP contribution in [0.4, 0.5) is 0 Å². The van der Waals surface area contributed by atoms with Crippen LogP contribution in [0.25, 0.3) is 0 Å². The molecule has 0 bridgehead atoms. The largest absolute Gasteiger partial charge is 1.00 e. The lowest BCUT2D eigenvalue weighted by atomic mass is 11.0. The fourth-order valence-corrected chi connectivity index (χ4v) is 0. The van der Waals surface area contributed by atoms with Gasteiger partial charge in [-0.15, -0.1) is 0 Å². The minimum atomic E-state index is 0. The fraction of sp³-hybridized carbons (Fsp3) is 1.00. The van der Waals surface area contributed by atoms with E-state index in [-0.39, 0.29) is 12.4 Å². The van der Waals surface area contributed by atoms with Crippen molar-refractivity contribution in [3.05, 3.63) is 0 Å². The molecule has 0 aromatic rings. The van der Waals surface area contributed by atoms with Gasteiger partial charge in [-0.25, -0.2) is 0 Å². The van der Waals surface area contributed by atoms with Crippen LogP contribution < -0.4 is 12.4 Å². The predicted molar refractivity (Wildman–Crippen MR) is 28.0 cm³/mol. The molecule has 0 amide bonds. The third-order valence-electron chi connectivity index (χ3n) is 0. The van der Waals surface area contributed by atoms with Crippen LogP contribution in [0.5, 0.6) is 0 Å². The molecule has 40 valence electrons. The summed E-state index contributed by atoms with van der Waals surface area (Å²) in [6, 6.07) is 0. The van der Waals surface area contributed by atoms with E-state index in [4.69, 9.17) is 0 Å². The second-order valence-corrected chi connectivity index (χ2v) is 5.37. The summed E-state index contributed by atoms with van der Waals surface area (Å²) in [5, 5.41) is 0. The van der Waals surface area contributed by atoms with Crippen molar-refractivity contribution in [3.63, 3.8) is 0 Å². The maximum atomic E-state index is 2.19. The summed E-state index contributed by atoms with van der Waals surface area (Å²) in [5.74, 6) is 0. The Hall–Kier alpha value is 0.467. The molecule has 0 radical (unpaired) electrons. The molecular formula is C3H12ClNSi. The highest BCUT2D eigenvalue weighted by Crippen LogP contribution is 1.71. The summed E-state index contributed by atoms with van der Waals surface area (Å²) in [5.41, 5.74) is 0. The van der Waals surface area contributed by atoms with Crippen molar-refractivity contribution < 1.29 is 16.6 Å². The number of halogens is 1. The maximum Gasteiger partial charge on any atom is 0.238 e. The van der Waals surface area contributed by atoms with Crippen LogP contribution in [0.15, 0.2) is 0 Å². The highest BCUT2D eigenvalue weighted by molar-refractivity contribution is 5.96. The number of quaternary nitrogens is 1. The fourth-order valence-electron chi connectivity index (χ4n) is 0. The van der Waals surface area contributed by atoms with Gasteiger partial charge in [-0.1, -0.05) is 0 Å². The van der Waals surface area contributed by atoms with Crippen molar-refractivity contribution in [3.8, 4) is 0 Å². The highest BCUT2D eigenvalue weighted by atomic mass is 35.5. The lowest BCUT2D eigenvalue weighted by molar-refractivity contribution is -0.749. The Morgan fingerprint density at radius 1 is 1.17 bits per heavy atom. The van der Waals surface area contributed by atoms with Gasteiger partial charge in [0, 0.05) is 0 Å². The van der Waals surface area contributed by atoms with Gasteiger partial charge in [0.05, 0.1) is 21.1 Å². The van der Waals surface area contributed by atoms with E-state index in [1.54, 1.807) is 0 Å². The van der Waals surface area contributed by atoms with Crippen LogP contribution in [0.1, 0.15) is 0 Å². The van der Waals surface area contributed by atoms with Gasteiger partial charge in [0.2, 0.25) is 10.4 Å². The summed E-state index contributed by atoms with van der Waals surface area (Å²) < 4.78 is 1.14. The lowest BCUT2D eigenvalue weighted by Gasteiger charge is -2.17. The zero-order valence-electron chi connectivity index (χ0n) is 4.83. The van der Waals surface area contributed by atoms with Gasteiger partial charge >= 0.3 is 0 Å². The number of hydrogen-bond donors (Lipinski definition) is 0. The van der Waals surface area contributed by atoms with E-state index < -0.39 is 0 Å². The van der Waals surface area contributed by atoms with Crippen LogP contribution in [0, 0.1) is 0 Å². The van der Waals surface area contributed by atoms with Crippen LogP contribution in [0.3, 0.4) is 0 Å². The van der Waals surface area contributed by atoms with E-state index in [0.29, 0.717) is 0 Å². The summed E-state index contributed by atoms with van der Waals surface area (Å²) in [6.07, 6.45) is 0. The Kier molecular flexibility index (Phi) is 4.21. The van der Waals surface area contributed by atoms with Crippen LogP contribution in [-0.2, 0) is 0 Å². The number of nitrogens with zero attached hydrogens (tertiary/aromatic N) is 1. The van der Waals surface area contributed by atoms with Crippen LogP contribution in [0.2, 0.25) is 0 Å². The molecule has 0 unspecified atom stereocenters. The smallest absolute Gasteiger partial charge is 0.238 e. The Labute approximate surface area is 48.8 Å². The first-order valence-corrected chi connectivity index (χ1v) is 2.68. The average Bonchev–Trinajstić information content (AvgIpc) is 0.722. The lowest BCUT2D eigenvalue weighted by Crippen LogP contribution is -3.00. The van der Waals surface area contributed by atoms with E-state index in [2.05, 4.69) is 21.1 Å². The molecule has 0 aliphatic heterocycles. The number of hydrogen-bond acceptors (Lipinski definition) is 0. The second-order valence-electron chi connectivity index (χ2n) is 2.68. The van der Waals surface area contributed by atoms with Gasteiger partial charge in [-0.3, -0.25) is 0 Å². The third kappa shape index (κ3) is 246. The summed E-state index contributed by atoms with van der Waals surface area (Å²) in [6.45, 7) is 0. The normalized spacial score (nSPS) is 10.5. The molecule has 3 heteroatoms. The van der Waals surface area contributed by atoms with Gasteiger partial charge in [0.25, 0.3) is 0 Å². The minimum absolute atomic E-state index is 0. The van der Waals surface area contributed by atoms with E-state index in [9.17, 15) is 0 Å². The summed E-state index contributed by atoms with van der Waals surface area (Å²) >= 11 is 0.